The highest BCUT2D eigenvalue weighted by atomic mass is 35.5. The van der Waals surface area contributed by atoms with Crippen LogP contribution in [0.25, 0.3) is 0 Å². The number of halogens is 1. The normalized spacial score (nSPS) is 11.3. The van der Waals surface area contributed by atoms with Crippen molar-refractivity contribution in [1.82, 2.24) is 10.0 Å². The van der Waals surface area contributed by atoms with Gasteiger partial charge in [-0.15, -0.1) is 0 Å². The van der Waals surface area contributed by atoms with Crippen molar-refractivity contribution < 1.29 is 17.9 Å². The van der Waals surface area contributed by atoms with Gasteiger partial charge in [0.25, 0.3) is 5.91 Å². The third-order valence-electron chi connectivity index (χ3n) is 3.62. The molecule has 0 radical (unpaired) electrons. The van der Waals surface area contributed by atoms with Crippen molar-refractivity contribution >= 4 is 27.5 Å². The fraction of sp³-hybridized carbons (Fsp3) is 0.278. The first-order valence-electron chi connectivity index (χ1n) is 8.04. The molecule has 6 nitrogen and oxygen atoms in total. The van der Waals surface area contributed by atoms with Crippen LogP contribution in [0.2, 0.25) is 5.02 Å². The van der Waals surface area contributed by atoms with E-state index in [2.05, 4.69) is 10.0 Å². The van der Waals surface area contributed by atoms with E-state index >= 15 is 0 Å². The van der Waals surface area contributed by atoms with Gasteiger partial charge >= 0.3 is 0 Å². The van der Waals surface area contributed by atoms with Crippen molar-refractivity contribution in [3.8, 4) is 0 Å². The lowest BCUT2D eigenvalue weighted by atomic mass is 10.2. The Morgan fingerprint density at radius 1 is 1.12 bits per heavy atom. The predicted octanol–water partition coefficient (Wildman–Crippen LogP) is 2.24. The second-order valence-electron chi connectivity index (χ2n) is 5.55. The van der Waals surface area contributed by atoms with Gasteiger partial charge in [-0.1, -0.05) is 29.8 Å². The molecule has 0 aliphatic heterocycles. The summed E-state index contributed by atoms with van der Waals surface area (Å²) < 4.78 is 32.3. The molecule has 2 aromatic carbocycles. The molecule has 0 aromatic heterocycles. The van der Waals surface area contributed by atoms with Crippen molar-refractivity contribution in [1.29, 1.82) is 0 Å². The van der Waals surface area contributed by atoms with Crippen molar-refractivity contribution in [2.45, 2.75) is 11.3 Å². The van der Waals surface area contributed by atoms with E-state index in [0.29, 0.717) is 24.6 Å². The van der Waals surface area contributed by atoms with E-state index in [1.807, 2.05) is 12.1 Å². The average molecular weight is 397 g/mol. The van der Waals surface area contributed by atoms with E-state index < -0.39 is 10.0 Å². The molecular weight excluding hydrogens is 376 g/mol. The monoisotopic (exact) mass is 396 g/mol. The molecule has 0 aliphatic carbocycles. The standard InChI is InChI=1S/C18H21ClN2O4S/c1-25-12-11-20-18(22)15-3-2-4-17(13-15)26(23,24)21-10-9-14-5-7-16(19)8-6-14/h2-8,13,21H,9-12H2,1H3,(H,20,22). The first-order valence-corrected chi connectivity index (χ1v) is 9.90. The molecule has 0 fully saturated rings. The minimum absolute atomic E-state index is 0.0491. The Kier molecular flexibility index (Phi) is 7.59. The Morgan fingerprint density at radius 2 is 1.85 bits per heavy atom. The Morgan fingerprint density at radius 3 is 2.54 bits per heavy atom. The summed E-state index contributed by atoms with van der Waals surface area (Å²) in [4.78, 5) is 12.1. The number of benzene rings is 2. The molecule has 140 valence electrons. The smallest absolute Gasteiger partial charge is 0.251 e. The van der Waals surface area contributed by atoms with E-state index in [1.54, 1.807) is 24.3 Å². The molecule has 26 heavy (non-hydrogen) atoms. The molecule has 0 saturated carbocycles. The maximum Gasteiger partial charge on any atom is 0.251 e. The number of amides is 1. The summed E-state index contributed by atoms with van der Waals surface area (Å²) in [5.74, 6) is -0.347. The van der Waals surface area contributed by atoms with Gasteiger partial charge in [0.15, 0.2) is 0 Å². The van der Waals surface area contributed by atoms with E-state index in [4.69, 9.17) is 16.3 Å². The summed E-state index contributed by atoms with van der Waals surface area (Å²) in [6, 6.07) is 13.1. The summed E-state index contributed by atoms with van der Waals surface area (Å²) in [5.41, 5.74) is 1.25. The van der Waals surface area contributed by atoms with Gasteiger partial charge in [-0.3, -0.25) is 4.79 Å². The first kappa shape index (κ1) is 20.4. The number of carbonyl (C=O) groups excluding carboxylic acids is 1. The fourth-order valence-electron chi connectivity index (χ4n) is 2.24. The van der Waals surface area contributed by atoms with E-state index in [-0.39, 0.29) is 22.9 Å². The van der Waals surface area contributed by atoms with E-state index in [0.717, 1.165) is 5.56 Å². The highest BCUT2D eigenvalue weighted by Crippen LogP contribution is 2.13. The third kappa shape index (κ3) is 6.10. The molecule has 0 bridgehead atoms. The Balaban J connectivity index is 1.98. The Hall–Kier alpha value is -1.93. The molecule has 2 rings (SSSR count). The molecule has 0 atom stereocenters. The van der Waals surface area contributed by atoms with Crippen molar-refractivity contribution in [2.75, 3.05) is 26.8 Å². The van der Waals surface area contributed by atoms with Crippen LogP contribution in [0.1, 0.15) is 15.9 Å². The number of methoxy groups -OCH3 is 1. The van der Waals surface area contributed by atoms with E-state index in [9.17, 15) is 13.2 Å². The van der Waals surface area contributed by atoms with Crippen LogP contribution >= 0.6 is 11.6 Å². The van der Waals surface area contributed by atoms with Crippen LogP contribution in [-0.4, -0.2) is 41.1 Å². The molecule has 0 saturated heterocycles. The zero-order chi connectivity index (χ0) is 19.0. The van der Waals surface area contributed by atoms with Gasteiger partial charge in [-0.05, 0) is 42.3 Å². The number of rotatable bonds is 9. The topological polar surface area (TPSA) is 84.5 Å². The van der Waals surface area contributed by atoms with Crippen LogP contribution in [0.5, 0.6) is 0 Å². The lowest BCUT2D eigenvalue weighted by molar-refractivity contribution is 0.0937. The molecule has 1 amide bonds. The molecule has 8 heteroatoms. The molecule has 0 heterocycles. The molecule has 2 N–H and O–H groups in total. The number of hydrogen-bond donors (Lipinski definition) is 2. The molecule has 0 unspecified atom stereocenters. The lowest BCUT2D eigenvalue weighted by Crippen LogP contribution is -2.28. The summed E-state index contributed by atoms with van der Waals surface area (Å²) in [6.07, 6.45) is 0.535. The van der Waals surface area contributed by atoms with Crippen LogP contribution in [0.4, 0.5) is 0 Å². The second kappa shape index (κ2) is 9.68. The van der Waals surface area contributed by atoms with Crippen LogP contribution in [-0.2, 0) is 21.2 Å². The van der Waals surface area contributed by atoms with Gasteiger partial charge in [-0.2, -0.15) is 0 Å². The maximum atomic E-state index is 12.4. The van der Waals surface area contributed by atoms with Crippen LogP contribution in [0.15, 0.2) is 53.4 Å². The van der Waals surface area contributed by atoms with Gasteiger partial charge < -0.3 is 10.1 Å². The van der Waals surface area contributed by atoms with Crippen molar-refractivity contribution in [2.24, 2.45) is 0 Å². The average Bonchev–Trinajstić information content (AvgIpc) is 2.63. The fourth-order valence-corrected chi connectivity index (χ4v) is 3.44. The third-order valence-corrected chi connectivity index (χ3v) is 5.33. The molecular formula is C18H21ClN2O4S. The number of hydrogen-bond acceptors (Lipinski definition) is 4. The Labute approximate surface area is 158 Å². The van der Waals surface area contributed by atoms with Crippen molar-refractivity contribution in [3.05, 3.63) is 64.7 Å². The van der Waals surface area contributed by atoms with Crippen molar-refractivity contribution in [3.63, 3.8) is 0 Å². The molecule has 2 aromatic rings. The molecule has 0 aliphatic rings. The van der Waals surface area contributed by atoms with Gasteiger partial charge in [-0.25, -0.2) is 13.1 Å². The minimum atomic E-state index is -3.70. The first-order chi connectivity index (χ1) is 12.4. The predicted molar refractivity (Wildman–Crippen MR) is 101 cm³/mol. The lowest BCUT2D eigenvalue weighted by Gasteiger charge is -2.09. The number of sulfonamides is 1. The van der Waals surface area contributed by atoms with Gasteiger partial charge in [0.05, 0.1) is 11.5 Å². The summed E-state index contributed by atoms with van der Waals surface area (Å²) in [6.45, 7) is 0.982. The SMILES string of the molecule is COCCNC(=O)c1cccc(S(=O)(=O)NCCc2ccc(Cl)cc2)c1. The summed E-state index contributed by atoms with van der Waals surface area (Å²) >= 11 is 5.83. The summed E-state index contributed by atoms with van der Waals surface area (Å²) in [7, 11) is -2.16. The van der Waals surface area contributed by atoms with Gasteiger partial charge in [0.2, 0.25) is 10.0 Å². The van der Waals surface area contributed by atoms with Crippen LogP contribution < -0.4 is 10.0 Å². The zero-order valence-corrected chi connectivity index (χ0v) is 15.9. The van der Waals surface area contributed by atoms with Crippen LogP contribution in [0.3, 0.4) is 0 Å². The molecule has 0 spiro atoms. The quantitative estimate of drug-likeness (QED) is 0.636. The maximum absolute atomic E-state index is 12.4. The Bertz CT molecular complexity index is 839. The van der Waals surface area contributed by atoms with E-state index in [1.165, 1.54) is 19.2 Å². The number of carbonyl (C=O) groups is 1. The highest BCUT2D eigenvalue weighted by Gasteiger charge is 2.15. The van der Waals surface area contributed by atoms with Crippen LogP contribution in [0, 0.1) is 0 Å². The number of nitrogens with one attached hydrogen (secondary N) is 2. The summed E-state index contributed by atoms with van der Waals surface area (Å²) in [5, 5.41) is 3.29. The highest BCUT2D eigenvalue weighted by molar-refractivity contribution is 7.89. The second-order valence-corrected chi connectivity index (χ2v) is 7.75. The minimum Gasteiger partial charge on any atom is -0.383 e. The number of ether oxygens (including phenoxy) is 1. The van der Waals surface area contributed by atoms with Gasteiger partial charge in [0, 0.05) is 30.8 Å². The zero-order valence-electron chi connectivity index (χ0n) is 14.4. The largest absolute Gasteiger partial charge is 0.383 e. The van der Waals surface area contributed by atoms with Gasteiger partial charge in [0.1, 0.15) is 0 Å².